The fourth-order valence-electron chi connectivity index (χ4n) is 5.06. The zero-order valence-electron chi connectivity index (χ0n) is 18.7. The number of hydrogen-bond acceptors (Lipinski definition) is 5. The van der Waals surface area contributed by atoms with Crippen LogP contribution in [0.2, 0.25) is 0 Å². The largest absolute Gasteiger partial charge is 0.416 e. The molecule has 1 unspecified atom stereocenters. The molecule has 3 heterocycles. The Hall–Kier alpha value is -2.33. The number of alkyl halides is 3. The third-order valence-corrected chi connectivity index (χ3v) is 8.14. The van der Waals surface area contributed by atoms with Gasteiger partial charge in [0, 0.05) is 32.6 Å². The van der Waals surface area contributed by atoms with Crippen molar-refractivity contribution in [3.63, 3.8) is 0 Å². The number of thioether (sulfide) groups is 1. The summed E-state index contributed by atoms with van der Waals surface area (Å²) >= 11 is 1.71. The standard InChI is InChI=1S/C23H27F3N6S/c1-30-20(19-8-10-27-31(19)2)28-29-21(30)33-13-3-11-32-12-9-22(15-32)14-18(22)16-4-6-17(7-5-16)23(24,25)26/h4-8,10,18H,3,9,11-15H2,1-2H3/t18?,22-/m0/s1. The fourth-order valence-corrected chi connectivity index (χ4v) is 5.89. The molecule has 176 valence electrons. The number of rotatable bonds is 7. The van der Waals surface area contributed by atoms with E-state index in [4.69, 9.17) is 0 Å². The van der Waals surface area contributed by atoms with E-state index in [1.54, 1.807) is 34.8 Å². The second kappa shape index (κ2) is 8.47. The van der Waals surface area contributed by atoms with Crippen molar-refractivity contribution < 1.29 is 13.2 Å². The minimum Gasteiger partial charge on any atom is -0.304 e. The van der Waals surface area contributed by atoms with E-state index in [2.05, 4.69) is 20.2 Å². The zero-order chi connectivity index (χ0) is 23.2. The third kappa shape index (κ3) is 4.42. The van der Waals surface area contributed by atoms with Gasteiger partial charge < -0.3 is 9.47 Å². The Bertz CT molecular complexity index is 1120. The van der Waals surface area contributed by atoms with Crippen LogP contribution in [0, 0.1) is 5.41 Å². The monoisotopic (exact) mass is 476 g/mol. The van der Waals surface area contributed by atoms with Crippen molar-refractivity contribution in [3.05, 3.63) is 47.7 Å². The van der Waals surface area contributed by atoms with Gasteiger partial charge in [-0.3, -0.25) is 4.68 Å². The summed E-state index contributed by atoms with van der Waals surface area (Å²) in [5.74, 6) is 2.16. The van der Waals surface area contributed by atoms with E-state index >= 15 is 0 Å². The van der Waals surface area contributed by atoms with Crippen molar-refractivity contribution >= 4 is 11.8 Å². The predicted octanol–water partition coefficient (Wildman–Crippen LogP) is 4.60. The Labute approximate surface area is 195 Å². The van der Waals surface area contributed by atoms with Gasteiger partial charge in [0.1, 0.15) is 5.69 Å². The van der Waals surface area contributed by atoms with Gasteiger partial charge in [-0.25, -0.2) is 0 Å². The quantitative estimate of drug-likeness (QED) is 0.369. The maximum absolute atomic E-state index is 12.8. The van der Waals surface area contributed by atoms with Crippen molar-refractivity contribution in [2.45, 2.75) is 36.5 Å². The summed E-state index contributed by atoms with van der Waals surface area (Å²) in [5.41, 5.74) is 1.68. The number of aromatic nitrogens is 5. The normalized spacial score (nSPS) is 23.0. The molecule has 6 nitrogen and oxygen atoms in total. The highest BCUT2D eigenvalue weighted by atomic mass is 32.2. The molecule has 0 bridgehead atoms. The lowest BCUT2D eigenvalue weighted by atomic mass is 9.97. The molecule has 33 heavy (non-hydrogen) atoms. The van der Waals surface area contributed by atoms with Gasteiger partial charge in [-0.2, -0.15) is 18.3 Å². The van der Waals surface area contributed by atoms with Crippen LogP contribution in [0.15, 0.2) is 41.7 Å². The third-order valence-electron chi connectivity index (χ3n) is 7.03. The smallest absolute Gasteiger partial charge is 0.304 e. The summed E-state index contributed by atoms with van der Waals surface area (Å²) < 4.78 is 42.3. The van der Waals surface area contributed by atoms with Gasteiger partial charge in [-0.05, 0) is 67.4 Å². The number of nitrogens with zero attached hydrogens (tertiary/aromatic N) is 6. The van der Waals surface area contributed by atoms with Crippen molar-refractivity contribution in [2.24, 2.45) is 19.5 Å². The number of benzene rings is 1. The van der Waals surface area contributed by atoms with E-state index in [9.17, 15) is 13.2 Å². The first-order valence-electron chi connectivity index (χ1n) is 11.2. The summed E-state index contributed by atoms with van der Waals surface area (Å²) in [6, 6.07) is 7.71. The molecule has 0 radical (unpaired) electrons. The molecule has 0 amide bonds. The van der Waals surface area contributed by atoms with Crippen LogP contribution in [-0.4, -0.2) is 54.8 Å². The topological polar surface area (TPSA) is 51.8 Å². The molecule has 2 fully saturated rings. The average Bonchev–Trinajstić information content (AvgIpc) is 3.05. The minimum absolute atomic E-state index is 0.258. The molecular weight excluding hydrogens is 449 g/mol. The van der Waals surface area contributed by atoms with Crippen LogP contribution < -0.4 is 0 Å². The lowest BCUT2D eigenvalue weighted by molar-refractivity contribution is -0.137. The molecule has 2 atom stereocenters. The van der Waals surface area contributed by atoms with Gasteiger partial charge in [-0.1, -0.05) is 23.9 Å². The first kappa shape index (κ1) is 22.5. The highest BCUT2D eigenvalue weighted by Crippen LogP contribution is 2.64. The second-order valence-corrected chi connectivity index (χ2v) is 10.2. The van der Waals surface area contributed by atoms with Gasteiger partial charge >= 0.3 is 6.18 Å². The van der Waals surface area contributed by atoms with E-state index in [1.165, 1.54) is 12.1 Å². The van der Waals surface area contributed by atoms with E-state index in [1.807, 2.05) is 24.7 Å². The lowest BCUT2D eigenvalue weighted by Crippen LogP contribution is -2.23. The molecule has 2 aromatic heterocycles. The molecule has 2 aliphatic rings. The van der Waals surface area contributed by atoms with Gasteiger partial charge in [0.2, 0.25) is 0 Å². The number of halogens is 3. The van der Waals surface area contributed by atoms with Crippen molar-refractivity contribution in [1.29, 1.82) is 0 Å². The molecule has 1 saturated carbocycles. The van der Waals surface area contributed by atoms with Crippen molar-refractivity contribution in [3.8, 4) is 11.5 Å². The van der Waals surface area contributed by atoms with Crippen molar-refractivity contribution in [1.82, 2.24) is 29.4 Å². The molecule has 1 aromatic carbocycles. The van der Waals surface area contributed by atoms with Gasteiger partial charge in [0.15, 0.2) is 11.0 Å². The summed E-state index contributed by atoms with van der Waals surface area (Å²) in [4.78, 5) is 2.50. The van der Waals surface area contributed by atoms with Gasteiger partial charge in [0.25, 0.3) is 0 Å². The van der Waals surface area contributed by atoms with E-state index in [-0.39, 0.29) is 5.41 Å². The number of hydrogen-bond donors (Lipinski definition) is 0. The molecule has 3 aromatic rings. The summed E-state index contributed by atoms with van der Waals surface area (Å²) in [6.45, 7) is 3.13. The van der Waals surface area contributed by atoms with Crippen LogP contribution in [0.1, 0.15) is 36.3 Å². The molecule has 1 aliphatic carbocycles. The molecular formula is C23H27F3N6S. The first-order valence-corrected chi connectivity index (χ1v) is 12.2. The van der Waals surface area contributed by atoms with E-state index < -0.39 is 11.7 Å². The molecule has 1 spiro atoms. The summed E-state index contributed by atoms with van der Waals surface area (Å²) in [5, 5.41) is 13.7. The van der Waals surface area contributed by atoms with Gasteiger partial charge in [0.05, 0.1) is 5.56 Å². The SMILES string of the molecule is Cn1nccc1-c1nnc(SCCCN2CC[C@]3(CC3c3ccc(C(F)(F)F)cc3)C2)n1C. The second-order valence-electron chi connectivity index (χ2n) is 9.17. The molecule has 1 aliphatic heterocycles. The highest BCUT2D eigenvalue weighted by molar-refractivity contribution is 7.99. The summed E-state index contributed by atoms with van der Waals surface area (Å²) in [7, 11) is 3.87. The minimum atomic E-state index is -4.27. The van der Waals surface area contributed by atoms with Crippen LogP contribution in [0.5, 0.6) is 0 Å². The van der Waals surface area contributed by atoms with Crippen LogP contribution in [-0.2, 0) is 20.3 Å². The van der Waals surface area contributed by atoms with Gasteiger partial charge in [-0.15, -0.1) is 10.2 Å². The Morgan fingerprint density at radius 1 is 1.12 bits per heavy atom. The maximum Gasteiger partial charge on any atom is 0.416 e. The van der Waals surface area contributed by atoms with Crippen LogP contribution in [0.25, 0.3) is 11.5 Å². The molecule has 10 heteroatoms. The van der Waals surface area contributed by atoms with Crippen LogP contribution >= 0.6 is 11.8 Å². The van der Waals surface area contributed by atoms with Crippen LogP contribution in [0.4, 0.5) is 13.2 Å². The Balaban J connectivity index is 1.09. The summed E-state index contributed by atoms with van der Waals surface area (Å²) in [6.07, 6.45) is 0.747. The maximum atomic E-state index is 12.8. The average molecular weight is 477 g/mol. The van der Waals surface area contributed by atoms with Crippen molar-refractivity contribution in [2.75, 3.05) is 25.4 Å². The first-order chi connectivity index (χ1) is 15.8. The Morgan fingerprint density at radius 3 is 2.61 bits per heavy atom. The predicted molar refractivity (Wildman–Crippen MR) is 121 cm³/mol. The number of aryl methyl sites for hydroxylation is 1. The number of likely N-dealkylation sites (tertiary alicyclic amines) is 1. The molecule has 0 N–H and O–H groups in total. The zero-order valence-corrected chi connectivity index (χ0v) is 19.5. The Kier molecular flexibility index (Phi) is 5.76. The highest BCUT2D eigenvalue weighted by Gasteiger charge is 2.57. The van der Waals surface area contributed by atoms with E-state index in [0.29, 0.717) is 5.92 Å². The molecule has 1 saturated heterocycles. The Morgan fingerprint density at radius 2 is 1.91 bits per heavy atom. The molecule has 5 rings (SSSR count). The lowest BCUT2D eigenvalue weighted by Gasteiger charge is -2.16. The fraction of sp³-hybridized carbons (Fsp3) is 0.522. The van der Waals surface area contributed by atoms with E-state index in [0.717, 1.165) is 66.9 Å². The van der Waals surface area contributed by atoms with Crippen LogP contribution in [0.3, 0.4) is 0 Å².